The molecule has 0 fully saturated rings. The van der Waals surface area contributed by atoms with Crippen molar-refractivity contribution < 1.29 is 9.90 Å². The zero-order chi connectivity index (χ0) is 8.97. The summed E-state index contributed by atoms with van der Waals surface area (Å²) in [6.45, 7) is 1.84. The van der Waals surface area contributed by atoms with Crippen LogP contribution in [0.2, 0.25) is 0 Å². The van der Waals surface area contributed by atoms with Gasteiger partial charge < -0.3 is 10.1 Å². The molecule has 0 spiro atoms. The summed E-state index contributed by atoms with van der Waals surface area (Å²) in [6, 6.07) is 0. The second kappa shape index (κ2) is 3.71. The van der Waals surface area contributed by atoms with E-state index < -0.39 is 5.97 Å². The lowest BCUT2D eigenvalue weighted by atomic mass is 10.3. The second-order valence-corrected chi connectivity index (χ2v) is 2.42. The minimum absolute atomic E-state index is 0.0397. The lowest BCUT2D eigenvalue weighted by molar-refractivity contribution is -0.135. The highest BCUT2D eigenvalue weighted by molar-refractivity contribution is 5.70. The molecule has 0 radical (unpaired) electrons. The monoisotopic (exact) mass is 166 g/mol. The fraction of sp³-hybridized carbons (Fsp3) is 0.250. The zero-order valence-corrected chi connectivity index (χ0v) is 6.74. The molecule has 4 heteroatoms. The number of aromatic nitrogens is 2. The van der Waals surface area contributed by atoms with Crippen LogP contribution in [0.4, 0.5) is 0 Å². The Balaban J connectivity index is 2.52. The number of aromatic amines is 1. The van der Waals surface area contributed by atoms with E-state index in [0.29, 0.717) is 0 Å². The van der Waals surface area contributed by atoms with Crippen LogP contribution >= 0.6 is 0 Å². The van der Waals surface area contributed by atoms with Crippen LogP contribution in [0.5, 0.6) is 0 Å². The molecule has 0 saturated carbocycles. The fourth-order valence-corrected chi connectivity index (χ4v) is 0.811. The van der Waals surface area contributed by atoms with Crippen molar-refractivity contribution in [1.29, 1.82) is 0 Å². The molecule has 1 rings (SSSR count). The Hall–Kier alpha value is -1.58. The molecule has 0 atom stereocenters. The standard InChI is InChI=1S/C8H10N2O2/c1-6-9-5-7(10-6)3-2-4-8(11)12/h2-3,5H,4H2,1H3,(H,9,10)(H,11,12). The molecule has 0 aliphatic heterocycles. The van der Waals surface area contributed by atoms with E-state index in [9.17, 15) is 4.79 Å². The molecule has 0 saturated heterocycles. The molecule has 0 aromatic carbocycles. The number of hydrogen-bond donors (Lipinski definition) is 2. The first-order chi connectivity index (χ1) is 5.68. The van der Waals surface area contributed by atoms with Crippen molar-refractivity contribution in [1.82, 2.24) is 9.97 Å². The summed E-state index contributed by atoms with van der Waals surface area (Å²) in [5.74, 6) is -0.00698. The molecule has 0 amide bonds. The van der Waals surface area contributed by atoms with E-state index in [2.05, 4.69) is 9.97 Å². The van der Waals surface area contributed by atoms with E-state index in [4.69, 9.17) is 5.11 Å². The number of aryl methyl sites for hydroxylation is 1. The Morgan fingerprint density at radius 1 is 1.83 bits per heavy atom. The van der Waals surface area contributed by atoms with E-state index in [1.807, 2.05) is 6.92 Å². The third kappa shape index (κ3) is 2.57. The lowest BCUT2D eigenvalue weighted by Crippen LogP contribution is -1.89. The molecule has 0 unspecified atom stereocenters. The van der Waals surface area contributed by atoms with Gasteiger partial charge in [0.05, 0.1) is 18.3 Å². The molecule has 4 nitrogen and oxygen atoms in total. The van der Waals surface area contributed by atoms with E-state index in [0.717, 1.165) is 11.5 Å². The molecule has 1 heterocycles. The molecule has 0 bridgehead atoms. The number of hydrogen-bond acceptors (Lipinski definition) is 2. The highest BCUT2D eigenvalue weighted by Crippen LogP contribution is 1.98. The van der Waals surface area contributed by atoms with E-state index in [1.54, 1.807) is 18.3 Å². The Morgan fingerprint density at radius 3 is 3.08 bits per heavy atom. The molecular weight excluding hydrogens is 156 g/mol. The summed E-state index contributed by atoms with van der Waals surface area (Å²) >= 11 is 0. The van der Waals surface area contributed by atoms with Crippen LogP contribution in [0.3, 0.4) is 0 Å². The largest absolute Gasteiger partial charge is 0.481 e. The highest BCUT2D eigenvalue weighted by atomic mass is 16.4. The number of rotatable bonds is 3. The summed E-state index contributed by atoms with van der Waals surface area (Å²) in [5, 5.41) is 8.32. The van der Waals surface area contributed by atoms with Crippen molar-refractivity contribution in [3.05, 3.63) is 23.8 Å². The predicted octanol–water partition coefficient (Wildman–Crippen LogP) is 1.21. The maximum atomic E-state index is 10.1. The van der Waals surface area contributed by atoms with Gasteiger partial charge >= 0.3 is 5.97 Å². The van der Waals surface area contributed by atoms with Gasteiger partial charge in [0.1, 0.15) is 5.82 Å². The summed E-state index contributed by atoms with van der Waals surface area (Å²) in [6.07, 6.45) is 4.98. The number of nitrogens with zero attached hydrogens (tertiary/aromatic N) is 1. The first kappa shape index (κ1) is 8.52. The van der Waals surface area contributed by atoms with Gasteiger partial charge in [-0.2, -0.15) is 0 Å². The summed E-state index contributed by atoms with van der Waals surface area (Å²) in [4.78, 5) is 17.0. The maximum Gasteiger partial charge on any atom is 0.307 e. The van der Waals surface area contributed by atoms with Crippen LogP contribution in [0.15, 0.2) is 12.3 Å². The van der Waals surface area contributed by atoms with Gasteiger partial charge in [0.25, 0.3) is 0 Å². The minimum atomic E-state index is -0.831. The van der Waals surface area contributed by atoms with Crippen molar-refractivity contribution in [2.45, 2.75) is 13.3 Å². The Bertz CT molecular complexity index is 302. The average Bonchev–Trinajstić information content (AvgIpc) is 2.35. The van der Waals surface area contributed by atoms with Crippen LogP contribution < -0.4 is 0 Å². The SMILES string of the molecule is Cc1ncc(C=CCC(=O)O)[nH]1. The third-order valence-electron chi connectivity index (χ3n) is 1.31. The van der Waals surface area contributed by atoms with Gasteiger partial charge in [-0.25, -0.2) is 4.98 Å². The van der Waals surface area contributed by atoms with E-state index >= 15 is 0 Å². The number of carboxylic acids is 1. The van der Waals surface area contributed by atoms with Gasteiger partial charge in [-0.05, 0) is 13.0 Å². The first-order valence-electron chi connectivity index (χ1n) is 3.58. The Morgan fingerprint density at radius 2 is 2.58 bits per heavy atom. The number of aliphatic carboxylic acids is 1. The molecule has 0 aliphatic rings. The van der Waals surface area contributed by atoms with Crippen LogP contribution in [0.25, 0.3) is 6.08 Å². The summed E-state index contributed by atoms with van der Waals surface area (Å²) in [7, 11) is 0. The van der Waals surface area contributed by atoms with Crippen molar-refractivity contribution in [3.63, 3.8) is 0 Å². The van der Waals surface area contributed by atoms with Crippen LogP contribution in [-0.2, 0) is 4.79 Å². The maximum absolute atomic E-state index is 10.1. The lowest BCUT2D eigenvalue weighted by Gasteiger charge is -1.84. The summed E-state index contributed by atoms with van der Waals surface area (Å²) < 4.78 is 0. The van der Waals surface area contributed by atoms with Gasteiger partial charge in [-0.15, -0.1) is 0 Å². The number of H-pyrrole nitrogens is 1. The van der Waals surface area contributed by atoms with Gasteiger partial charge in [0, 0.05) is 0 Å². The molecule has 1 aromatic rings. The summed E-state index contributed by atoms with van der Waals surface area (Å²) in [5.41, 5.74) is 0.828. The quantitative estimate of drug-likeness (QED) is 0.709. The Labute approximate surface area is 70.0 Å². The van der Waals surface area contributed by atoms with Crippen molar-refractivity contribution in [3.8, 4) is 0 Å². The van der Waals surface area contributed by atoms with Gasteiger partial charge in [-0.1, -0.05) is 6.08 Å². The van der Waals surface area contributed by atoms with Crippen LogP contribution in [-0.4, -0.2) is 21.0 Å². The van der Waals surface area contributed by atoms with E-state index in [-0.39, 0.29) is 6.42 Å². The number of carboxylic acid groups (broad SMARTS) is 1. The molecule has 1 aromatic heterocycles. The predicted molar refractivity (Wildman–Crippen MR) is 44.6 cm³/mol. The van der Waals surface area contributed by atoms with Crippen molar-refractivity contribution >= 4 is 12.0 Å². The van der Waals surface area contributed by atoms with Crippen molar-refractivity contribution in [2.24, 2.45) is 0 Å². The van der Waals surface area contributed by atoms with Crippen LogP contribution in [0.1, 0.15) is 17.9 Å². The Kier molecular flexibility index (Phi) is 2.63. The fourth-order valence-electron chi connectivity index (χ4n) is 0.811. The number of carbonyl (C=O) groups is 1. The second-order valence-electron chi connectivity index (χ2n) is 2.42. The molecule has 2 N–H and O–H groups in total. The third-order valence-corrected chi connectivity index (χ3v) is 1.31. The smallest absolute Gasteiger partial charge is 0.307 e. The normalized spacial score (nSPS) is 10.8. The molecule has 12 heavy (non-hydrogen) atoms. The number of imidazole rings is 1. The molecule has 64 valence electrons. The van der Waals surface area contributed by atoms with Gasteiger partial charge in [0.2, 0.25) is 0 Å². The topological polar surface area (TPSA) is 66.0 Å². The van der Waals surface area contributed by atoms with Crippen LogP contribution in [0, 0.1) is 6.92 Å². The van der Waals surface area contributed by atoms with Gasteiger partial charge in [-0.3, -0.25) is 4.79 Å². The minimum Gasteiger partial charge on any atom is -0.481 e. The number of nitrogens with one attached hydrogen (secondary N) is 1. The zero-order valence-electron chi connectivity index (χ0n) is 6.74. The highest BCUT2D eigenvalue weighted by Gasteiger charge is 1.92. The van der Waals surface area contributed by atoms with E-state index in [1.165, 1.54) is 0 Å². The molecular formula is C8H10N2O2. The average molecular weight is 166 g/mol. The molecule has 0 aliphatic carbocycles. The van der Waals surface area contributed by atoms with Crippen molar-refractivity contribution in [2.75, 3.05) is 0 Å². The first-order valence-corrected chi connectivity index (χ1v) is 3.58. The van der Waals surface area contributed by atoms with Gasteiger partial charge in [0.15, 0.2) is 0 Å².